The number of ether oxygens (including phenoxy) is 1. The molecule has 0 amide bonds. The predicted octanol–water partition coefficient (Wildman–Crippen LogP) is 3.34. The first-order valence-electron chi connectivity index (χ1n) is 6.27. The number of carbonyl (C=O) groups is 1. The summed E-state index contributed by atoms with van der Waals surface area (Å²) in [4.78, 5) is 12.2. The third-order valence-corrected chi connectivity index (χ3v) is 4.75. The molecule has 0 spiro atoms. The van der Waals surface area contributed by atoms with Gasteiger partial charge in [0.15, 0.2) is 0 Å². The van der Waals surface area contributed by atoms with Gasteiger partial charge in [0, 0.05) is 4.90 Å². The van der Waals surface area contributed by atoms with Crippen LogP contribution in [0.3, 0.4) is 0 Å². The van der Waals surface area contributed by atoms with Crippen LogP contribution in [0.25, 0.3) is 0 Å². The van der Waals surface area contributed by atoms with Crippen LogP contribution in [0.2, 0.25) is 0 Å². The van der Waals surface area contributed by atoms with Crippen LogP contribution in [0.5, 0.6) is 0 Å². The fourth-order valence-electron chi connectivity index (χ4n) is 1.89. The van der Waals surface area contributed by atoms with E-state index in [9.17, 15) is 9.00 Å². The highest BCUT2D eigenvalue weighted by atomic mass is 32.2. The molecule has 0 unspecified atom stereocenters. The van der Waals surface area contributed by atoms with Crippen LogP contribution >= 0.6 is 0 Å². The molecule has 3 nitrogen and oxygen atoms in total. The Morgan fingerprint density at radius 2 is 1.65 bits per heavy atom. The van der Waals surface area contributed by atoms with Gasteiger partial charge in [-0.05, 0) is 36.8 Å². The van der Waals surface area contributed by atoms with Crippen LogP contribution in [0, 0.1) is 0 Å². The summed E-state index contributed by atoms with van der Waals surface area (Å²) in [5, 5.41) is -0.135. The van der Waals surface area contributed by atoms with Crippen molar-refractivity contribution in [2.24, 2.45) is 0 Å². The monoisotopic (exact) mass is 288 g/mol. The Morgan fingerprint density at radius 1 is 1.05 bits per heavy atom. The predicted molar refractivity (Wildman–Crippen MR) is 79.0 cm³/mol. The Morgan fingerprint density at radius 3 is 2.20 bits per heavy atom. The summed E-state index contributed by atoms with van der Waals surface area (Å²) < 4.78 is 17.1. The smallest absolute Gasteiger partial charge is 0.337 e. The third-order valence-electron chi connectivity index (χ3n) is 3.10. The fourth-order valence-corrected chi connectivity index (χ4v) is 3.13. The van der Waals surface area contributed by atoms with Gasteiger partial charge in [-0.1, -0.05) is 30.3 Å². The average Bonchev–Trinajstić information content (AvgIpc) is 2.53. The van der Waals surface area contributed by atoms with Crippen molar-refractivity contribution in [2.45, 2.75) is 17.1 Å². The van der Waals surface area contributed by atoms with Crippen molar-refractivity contribution in [1.29, 1.82) is 0 Å². The van der Waals surface area contributed by atoms with Gasteiger partial charge >= 0.3 is 5.97 Å². The number of methoxy groups -OCH3 is 1. The minimum Gasteiger partial charge on any atom is -0.465 e. The average molecular weight is 288 g/mol. The maximum atomic E-state index is 12.4. The quantitative estimate of drug-likeness (QED) is 0.810. The summed E-state index contributed by atoms with van der Waals surface area (Å²) in [6, 6.07) is 16.4. The van der Waals surface area contributed by atoms with Gasteiger partial charge in [0.05, 0.1) is 28.7 Å². The number of hydrogen-bond acceptors (Lipinski definition) is 3. The lowest BCUT2D eigenvalue weighted by Gasteiger charge is -2.12. The summed E-state index contributed by atoms with van der Waals surface area (Å²) in [7, 11) is 0.236. The Hall–Kier alpha value is -1.94. The van der Waals surface area contributed by atoms with E-state index in [0.717, 1.165) is 10.5 Å². The highest BCUT2D eigenvalue weighted by molar-refractivity contribution is 7.85. The van der Waals surface area contributed by atoms with Gasteiger partial charge in [-0.3, -0.25) is 4.21 Å². The van der Waals surface area contributed by atoms with E-state index in [-0.39, 0.29) is 11.2 Å². The summed E-state index contributed by atoms with van der Waals surface area (Å²) in [6.07, 6.45) is 0. The zero-order chi connectivity index (χ0) is 14.5. The van der Waals surface area contributed by atoms with Gasteiger partial charge < -0.3 is 4.74 Å². The number of esters is 1. The van der Waals surface area contributed by atoms with Gasteiger partial charge in [0.25, 0.3) is 0 Å². The second-order valence-corrected chi connectivity index (χ2v) is 6.14. The lowest BCUT2D eigenvalue weighted by atomic mass is 10.1. The highest BCUT2D eigenvalue weighted by Crippen LogP contribution is 2.24. The van der Waals surface area contributed by atoms with E-state index in [4.69, 9.17) is 0 Å². The summed E-state index contributed by atoms with van der Waals surface area (Å²) >= 11 is 0. The molecule has 0 N–H and O–H groups in total. The summed E-state index contributed by atoms with van der Waals surface area (Å²) in [5.74, 6) is -0.367. The molecule has 0 aliphatic heterocycles. The second kappa shape index (κ2) is 6.48. The molecule has 0 bridgehead atoms. The van der Waals surface area contributed by atoms with E-state index in [2.05, 4.69) is 4.74 Å². The number of benzene rings is 2. The lowest BCUT2D eigenvalue weighted by Crippen LogP contribution is -2.05. The summed E-state index contributed by atoms with van der Waals surface area (Å²) in [5.41, 5.74) is 1.42. The first-order valence-corrected chi connectivity index (χ1v) is 7.48. The largest absolute Gasteiger partial charge is 0.465 e. The molecule has 0 saturated carbocycles. The molecule has 0 radical (unpaired) electrons. The molecule has 0 heterocycles. The standard InChI is InChI=1S/C16H16O3S/c1-12(20(18)15-6-4-3-5-7-15)13-8-10-14(11-9-13)16(17)19-2/h3-12H,1-2H3/t12-,20+/m0/s1. The fraction of sp³-hybridized carbons (Fsp3) is 0.188. The van der Waals surface area contributed by atoms with E-state index in [1.54, 1.807) is 12.1 Å². The topological polar surface area (TPSA) is 43.4 Å². The van der Waals surface area contributed by atoms with Crippen LogP contribution in [0.1, 0.15) is 28.1 Å². The molecule has 104 valence electrons. The Balaban J connectivity index is 2.19. The summed E-state index contributed by atoms with van der Waals surface area (Å²) in [6.45, 7) is 1.91. The minimum absolute atomic E-state index is 0.135. The van der Waals surface area contributed by atoms with Crippen molar-refractivity contribution in [1.82, 2.24) is 0 Å². The molecule has 0 saturated heterocycles. The van der Waals surface area contributed by atoms with Crippen molar-refractivity contribution in [3.63, 3.8) is 0 Å². The molecular weight excluding hydrogens is 272 g/mol. The van der Waals surface area contributed by atoms with Crippen molar-refractivity contribution < 1.29 is 13.7 Å². The Kier molecular flexibility index (Phi) is 4.69. The molecule has 20 heavy (non-hydrogen) atoms. The lowest BCUT2D eigenvalue weighted by molar-refractivity contribution is 0.0600. The number of hydrogen-bond donors (Lipinski definition) is 0. The van der Waals surface area contributed by atoms with Crippen LogP contribution in [0.4, 0.5) is 0 Å². The van der Waals surface area contributed by atoms with Crippen molar-refractivity contribution in [3.8, 4) is 0 Å². The van der Waals surface area contributed by atoms with Gasteiger partial charge in [-0.15, -0.1) is 0 Å². The van der Waals surface area contributed by atoms with Crippen molar-refractivity contribution >= 4 is 16.8 Å². The number of carbonyl (C=O) groups excluding carboxylic acids is 1. The van der Waals surface area contributed by atoms with E-state index in [1.807, 2.05) is 49.4 Å². The second-order valence-electron chi connectivity index (χ2n) is 4.37. The van der Waals surface area contributed by atoms with Gasteiger partial charge in [-0.25, -0.2) is 4.79 Å². The van der Waals surface area contributed by atoms with Crippen molar-refractivity contribution in [3.05, 3.63) is 65.7 Å². The molecule has 0 aliphatic rings. The minimum atomic E-state index is -1.11. The molecule has 2 atom stereocenters. The highest BCUT2D eigenvalue weighted by Gasteiger charge is 2.16. The van der Waals surface area contributed by atoms with Crippen molar-refractivity contribution in [2.75, 3.05) is 7.11 Å². The molecule has 0 aliphatic carbocycles. The SMILES string of the molecule is COC(=O)c1ccc([C@H](C)[S@@](=O)c2ccccc2)cc1. The maximum absolute atomic E-state index is 12.4. The zero-order valence-electron chi connectivity index (χ0n) is 11.4. The van der Waals surface area contributed by atoms with E-state index < -0.39 is 10.8 Å². The molecule has 2 aromatic carbocycles. The Labute approximate surface area is 121 Å². The van der Waals surface area contributed by atoms with Crippen LogP contribution in [-0.2, 0) is 15.5 Å². The molecule has 0 aromatic heterocycles. The maximum Gasteiger partial charge on any atom is 0.337 e. The zero-order valence-corrected chi connectivity index (χ0v) is 12.2. The van der Waals surface area contributed by atoms with E-state index in [0.29, 0.717) is 5.56 Å². The van der Waals surface area contributed by atoms with Crippen LogP contribution in [0.15, 0.2) is 59.5 Å². The molecular formula is C16H16O3S. The number of rotatable bonds is 4. The Bertz CT molecular complexity index is 605. The normalized spacial score (nSPS) is 13.5. The third kappa shape index (κ3) is 3.14. The molecule has 4 heteroatoms. The van der Waals surface area contributed by atoms with Crippen LogP contribution < -0.4 is 0 Å². The molecule has 2 aromatic rings. The van der Waals surface area contributed by atoms with E-state index >= 15 is 0 Å². The first-order chi connectivity index (χ1) is 9.63. The molecule has 0 fully saturated rings. The van der Waals surface area contributed by atoms with Crippen LogP contribution in [-0.4, -0.2) is 17.3 Å². The first kappa shape index (κ1) is 14.5. The van der Waals surface area contributed by atoms with Gasteiger partial charge in [0.1, 0.15) is 0 Å². The van der Waals surface area contributed by atoms with E-state index in [1.165, 1.54) is 7.11 Å². The van der Waals surface area contributed by atoms with Gasteiger partial charge in [0.2, 0.25) is 0 Å². The van der Waals surface area contributed by atoms with Gasteiger partial charge in [-0.2, -0.15) is 0 Å². The molecule has 2 rings (SSSR count).